The van der Waals surface area contributed by atoms with E-state index < -0.39 is 0 Å². The van der Waals surface area contributed by atoms with Crippen LogP contribution in [0.1, 0.15) is 0 Å². The first-order valence-corrected chi connectivity index (χ1v) is 3.80. The van der Waals surface area contributed by atoms with E-state index in [1.807, 2.05) is 0 Å². The lowest BCUT2D eigenvalue weighted by Gasteiger charge is -1.85. The van der Waals surface area contributed by atoms with E-state index in [9.17, 15) is 4.79 Å². The maximum Gasteiger partial charge on any atom is 0.277 e. The SMILES string of the molecule is O=c1[nH]c2[nH]ncc2c2c1=NCN=2. The molecule has 0 unspecified atom stereocenters. The van der Waals surface area contributed by atoms with Crippen molar-refractivity contribution >= 4 is 11.0 Å². The van der Waals surface area contributed by atoms with Crippen LogP contribution in [-0.4, -0.2) is 21.9 Å². The normalized spacial score (nSPS) is 13.8. The Kier molecular flexibility index (Phi) is 1.02. The maximum absolute atomic E-state index is 11.4. The van der Waals surface area contributed by atoms with E-state index >= 15 is 0 Å². The summed E-state index contributed by atoms with van der Waals surface area (Å²) in [5.74, 6) is 0. The molecule has 0 bridgehead atoms. The zero-order valence-electron chi connectivity index (χ0n) is 6.53. The number of aromatic nitrogens is 3. The monoisotopic (exact) mass is 175 g/mol. The van der Waals surface area contributed by atoms with Gasteiger partial charge >= 0.3 is 0 Å². The highest BCUT2D eigenvalue weighted by atomic mass is 16.1. The van der Waals surface area contributed by atoms with Crippen LogP contribution in [-0.2, 0) is 0 Å². The van der Waals surface area contributed by atoms with Gasteiger partial charge in [0.2, 0.25) is 0 Å². The van der Waals surface area contributed by atoms with Crippen LogP contribution >= 0.6 is 0 Å². The minimum atomic E-state index is -0.215. The van der Waals surface area contributed by atoms with E-state index in [4.69, 9.17) is 0 Å². The second-order valence-corrected chi connectivity index (χ2v) is 2.77. The molecule has 0 aliphatic carbocycles. The molecule has 0 atom stereocenters. The fraction of sp³-hybridized carbons (Fsp3) is 0.143. The summed E-state index contributed by atoms with van der Waals surface area (Å²) in [6.45, 7) is 0.336. The summed E-state index contributed by atoms with van der Waals surface area (Å²) in [6, 6.07) is 0. The van der Waals surface area contributed by atoms with Gasteiger partial charge in [-0.05, 0) is 0 Å². The van der Waals surface area contributed by atoms with Crippen molar-refractivity contribution in [1.82, 2.24) is 15.2 Å². The van der Waals surface area contributed by atoms with Crippen LogP contribution in [0, 0.1) is 0 Å². The lowest BCUT2D eigenvalue weighted by atomic mass is 10.3. The molecular weight excluding hydrogens is 170 g/mol. The molecule has 0 radical (unpaired) electrons. The molecule has 0 amide bonds. The van der Waals surface area contributed by atoms with E-state index in [0.717, 1.165) is 5.39 Å². The molecule has 0 spiro atoms. The minimum Gasteiger partial charge on any atom is -0.305 e. The van der Waals surface area contributed by atoms with Gasteiger partial charge in [-0.25, -0.2) is 0 Å². The third kappa shape index (κ3) is 0.715. The Morgan fingerprint density at radius 2 is 2.15 bits per heavy atom. The van der Waals surface area contributed by atoms with Crippen molar-refractivity contribution in [2.24, 2.45) is 9.98 Å². The summed E-state index contributed by atoms with van der Waals surface area (Å²) in [7, 11) is 0. The molecule has 0 aromatic carbocycles. The smallest absolute Gasteiger partial charge is 0.277 e. The largest absolute Gasteiger partial charge is 0.305 e. The Bertz CT molecular complexity index is 650. The van der Waals surface area contributed by atoms with Crippen LogP contribution in [0.4, 0.5) is 0 Å². The predicted molar refractivity (Wildman–Crippen MR) is 43.9 cm³/mol. The van der Waals surface area contributed by atoms with Crippen molar-refractivity contribution in [3.8, 4) is 0 Å². The van der Waals surface area contributed by atoms with Crippen LogP contribution in [0.25, 0.3) is 11.0 Å². The van der Waals surface area contributed by atoms with E-state index in [2.05, 4.69) is 25.2 Å². The first kappa shape index (κ1) is 6.53. The Hall–Kier alpha value is -1.98. The van der Waals surface area contributed by atoms with Crippen LogP contribution in [0.3, 0.4) is 0 Å². The number of pyridine rings is 1. The van der Waals surface area contributed by atoms with Gasteiger partial charge in [-0.3, -0.25) is 19.9 Å². The van der Waals surface area contributed by atoms with Gasteiger partial charge in [0.25, 0.3) is 5.56 Å². The van der Waals surface area contributed by atoms with Gasteiger partial charge in [-0.1, -0.05) is 0 Å². The maximum atomic E-state index is 11.4. The lowest BCUT2D eigenvalue weighted by molar-refractivity contribution is 1.04. The van der Waals surface area contributed by atoms with Gasteiger partial charge in [-0.15, -0.1) is 0 Å². The highest BCUT2D eigenvalue weighted by Gasteiger charge is 2.07. The van der Waals surface area contributed by atoms with Gasteiger partial charge in [0.15, 0.2) is 5.36 Å². The van der Waals surface area contributed by atoms with Crippen LogP contribution in [0.2, 0.25) is 0 Å². The number of H-pyrrole nitrogens is 2. The van der Waals surface area contributed by atoms with Crippen molar-refractivity contribution in [2.45, 2.75) is 0 Å². The van der Waals surface area contributed by atoms with Crippen molar-refractivity contribution < 1.29 is 0 Å². The Morgan fingerprint density at radius 3 is 3.08 bits per heavy atom. The molecule has 3 rings (SSSR count). The lowest BCUT2D eigenvalue weighted by Crippen LogP contribution is -2.39. The zero-order chi connectivity index (χ0) is 8.84. The average Bonchev–Trinajstić information content (AvgIpc) is 2.66. The van der Waals surface area contributed by atoms with Gasteiger partial charge in [0, 0.05) is 0 Å². The number of fused-ring (bicyclic) bond motifs is 3. The summed E-state index contributed by atoms with van der Waals surface area (Å²) in [5, 5.41) is 8.38. The summed E-state index contributed by atoms with van der Waals surface area (Å²) in [4.78, 5) is 22.1. The quantitative estimate of drug-likeness (QED) is 0.508. The van der Waals surface area contributed by atoms with E-state index in [1.54, 1.807) is 6.20 Å². The Balaban J connectivity index is 2.81. The molecule has 0 saturated heterocycles. The van der Waals surface area contributed by atoms with Crippen molar-refractivity contribution in [1.29, 1.82) is 0 Å². The molecule has 2 aromatic heterocycles. The molecule has 6 heteroatoms. The van der Waals surface area contributed by atoms with Crippen molar-refractivity contribution in [2.75, 3.05) is 6.67 Å². The molecule has 1 aliphatic heterocycles. The molecule has 0 fully saturated rings. The summed E-state index contributed by atoms with van der Waals surface area (Å²) >= 11 is 0. The zero-order valence-corrected chi connectivity index (χ0v) is 6.53. The van der Waals surface area contributed by atoms with Crippen molar-refractivity contribution in [3.63, 3.8) is 0 Å². The Morgan fingerprint density at radius 1 is 1.31 bits per heavy atom. The number of aromatic amines is 2. The summed E-state index contributed by atoms with van der Waals surface area (Å²) in [5.41, 5.74) is 0.387. The fourth-order valence-electron chi connectivity index (χ4n) is 1.45. The average molecular weight is 175 g/mol. The first-order valence-electron chi connectivity index (χ1n) is 3.80. The number of nitrogens with zero attached hydrogens (tertiary/aromatic N) is 3. The molecule has 1 aliphatic rings. The van der Waals surface area contributed by atoms with Gasteiger partial charge in [0.05, 0.1) is 11.6 Å². The second kappa shape index (κ2) is 2.03. The molecule has 0 saturated carbocycles. The fourth-order valence-corrected chi connectivity index (χ4v) is 1.45. The standard InChI is InChI=1S/C7H5N5O/c13-7-5-4(8-2-9-5)3-1-10-12-6(3)11-7/h1H,2H2,(H2,10,11,12,13). The molecule has 3 heterocycles. The van der Waals surface area contributed by atoms with Crippen LogP contribution in [0.15, 0.2) is 21.0 Å². The predicted octanol–water partition coefficient (Wildman–Crippen LogP) is -1.54. The van der Waals surface area contributed by atoms with E-state index in [0.29, 0.717) is 23.0 Å². The number of nitrogens with one attached hydrogen (secondary N) is 2. The first-order chi connectivity index (χ1) is 6.36. The number of hydrogen-bond acceptors (Lipinski definition) is 4. The van der Waals surface area contributed by atoms with Crippen LogP contribution < -0.4 is 16.3 Å². The Labute approximate surface area is 71.0 Å². The van der Waals surface area contributed by atoms with Gasteiger partial charge < -0.3 is 4.98 Å². The molecule has 64 valence electrons. The summed E-state index contributed by atoms with van der Waals surface area (Å²) < 4.78 is 0. The summed E-state index contributed by atoms with van der Waals surface area (Å²) in [6.07, 6.45) is 1.63. The molecule has 2 N–H and O–H groups in total. The highest BCUT2D eigenvalue weighted by Crippen LogP contribution is 1.96. The minimum absolute atomic E-state index is 0.215. The van der Waals surface area contributed by atoms with Crippen LogP contribution in [0.5, 0.6) is 0 Å². The molecule has 6 nitrogen and oxygen atoms in total. The third-order valence-corrected chi connectivity index (χ3v) is 2.03. The number of hydrogen-bond donors (Lipinski definition) is 2. The molecule has 2 aromatic rings. The van der Waals surface area contributed by atoms with Gasteiger partial charge in [-0.2, -0.15) is 5.10 Å². The number of rotatable bonds is 0. The molecular formula is C7H5N5O. The molecule has 13 heavy (non-hydrogen) atoms. The van der Waals surface area contributed by atoms with E-state index in [1.165, 1.54) is 0 Å². The second-order valence-electron chi connectivity index (χ2n) is 2.77. The topological polar surface area (TPSA) is 86.3 Å². The van der Waals surface area contributed by atoms with Crippen molar-refractivity contribution in [3.05, 3.63) is 27.3 Å². The third-order valence-electron chi connectivity index (χ3n) is 2.03. The van der Waals surface area contributed by atoms with E-state index in [-0.39, 0.29) is 5.56 Å². The highest BCUT2D eigenvalue weighted by molar-refractivity contribution is 5.72. The van der Waals surface area contributed by atoms with Gasteiger partial charge in [0.1, 0.15) is 17.7 Å².